The Balaban J connectivity index is 2.71. The number of para-hydroxylation sites is 1. The summed E-state index contributed by atoms with van der Waals surface area (Å²) in [5.74, 6) is 1.64. The topological polar surface area (TPSA) is 30.5 Å². The molecule has 1 aromatic rings. The molecule has 90 valence electrons. The van der Waals surface area contributed by atoms with E-state index in [1.54, 1.807) is 14.2 Å². The van der Waals surface area contributed by atoms with Gasteiger partial charge in [0.1, 0.15) is 0 Å². The Bertz CT molecular complexity index is 324. The summed E-state index contributed by atoms with van der Waals surface area (Å²) < 4.78 is 10.6. The molecule has 0 atom stereocenters. The van der Waals surface area contributed by atoms with Gasteiger partial charge in [-0.1, -0.05) is 26.0 Å². The van der Waals surface area contributed by atoms with Crippen LogP contribution in [0.15, 0.2) is 18.2 Å². The zero-order chi connectivity index (χ0) is 12.0. The lowest BCUT2D eigenvalue weighted by Gasteiger charge is -2.13. The van der Waals surface area contributed by atoms with Crippen molar-refractivity contribution in [3.63, 3.8) is 0 Å². The first-order chi connectivity index (χ1) is 7.69. The van der Waals surface area contributed by atoms with E-state index < -0.39 is 0 Å². The highest BCUT2D eigenvalue weighted by Gasteiger charge is 2.08. The molecule has 1 N–H and O–H groups in total. The fourth-order valence-corrected chi connectivity index (χ4v) is 1.65. The molecule has 0 unspecified atom stereocenters. The first kappa shape index (κ1) is 12.8. The van der Waals surface area contributed by atoms with Crippen molar-refractivity contribution in [2.45, 2.75) is 26.3 Å². The van der Waals surface area contributed by atoms with Crippen LogP contribution in [-0.2, 0) is 6.42 Å². The van der Waals surface area contributed by atoms with E-state index in [1.165, 1.54) is 5.56 Å². The van der Waals surface area contributed by atoms with Gasteiger partial charge in [-0.05, 0) is 24.6 Å². The monoisotopic (exact) mass is 223 g/mol. The molecule has 1 rings (SSSR count). The smallest absolute Gasteiger partial charge is 0.163 e. The van der Waals surface area contributed by atoms with Crippen LogP contribution >= 0.6 is 0 Å². The second kappa shape index (κ2) is 6.38. The van der Waals surface area contributed by atoms with Crippen molar-refractivity contribution in [3.05, 3.63) is 23.8 Å². The van der Waals surface area contributed by atoms with Crippen molar-refractivity contribution in [2.24, 2.45) is 0 Å². The van der Waals surface area contributed by atoms with Crippen LogP contribution in [-0.4, -0.2) is 26.8 Å². The number of hydrogen-bond donors (Lipinski definition) is 1. The van der Waals surface area contributed by atoms with Crippen molar-refractivity contribution in [2.75, 3.05) is 20.8 Å². The lowest BCUT2D eigenvalue weighted by atomic mass is 10.1. The third-order valence-corrected chi connectivity index (χ3v) is 2.43. The van der Waals surface area contributed by atoms with Crippen LogP contribution in [0.25, 0.3) is 0 Å². The average molecular weight is 223 g/mol. The van der Waals surface area contributed by atoms with Crippen molar-refractivity contribution in [1.29, 1.82) is 0 Å². The third-order valence-electron chi connectivity index (χ3n) is 2.43. The van der Waals surface area contributed by atoms with Crippen molar-refractivity contribution in [1.82, 2.24) is 5.32 Å². The molecular formula is C13H21NO2. The Morgan fingerprint density at radius 3 is 2.50 bits per heavy atom. The molecule has 0 heterocycles. The van der Waals surface area contributed by atoms with Gasteiger partial charge in [-0.25, -0.2) is 0 Å². The van der Waals surface area contributed by atoms with E-state index in [4.69, 9.17) is 9.47 Å². The summed E-state index contributed by atoms with van der Waals surface area (Å²) in [5, 5.41) is 3.39. The molecule has 0 aliphatic carbocycles. The molecule has 0 aromatic heterocycles. The molecule has 0 bridgehead atoms. The van der Waals surface area contributed by atoms with Crippen LogP contribution in [0.4, 0.5) is 0 Å². The van der Waals surface area contributed by atoms with Crippen LogP contribution in [0, 0.1) is 0 Å². The predicted molar refractivity (Wildman–Crippen MR) is 66.4 cm³/mol. The van der Waals surface area contributed by atoms with Crippen LogP contribution < -0.4 is 14.8 Å². The molecule has 16 heavy (non-hydrogen) atoms. The van der Waals surface area contributed by atoms with Gasteiger partial charge in [-0.15, -0.1) is 0 Å². The number of benzene rings is 1. The Hall–Kier alpha value is -1.22. The number of ether oxygens (including phenoxy) is 2. The SMILES string of the molecule is COc1cccc(CCNC(C)C)c1OC. The average Bonchev–Trinajstić information content (AvgIpc) is 2.28. The van der Waals surface area contributed by atoms with E-state index in [0.717, 1.165) is 24.5 Å². The third kappa shape index (κ3) is 3.42. The summed E-state index contributed by atoms with van der Waals surface area (Å²) in [6.45, 7) is 5.23. The van der Waals surface area contributed by atoms with Crippen molar-refractivity contribution >= 4 is 0 Å². The summed E-state index contributed by atoms with van der Waals surface area (Å²) in [6, 6.07) is 6.49. The largest absolute Gasteiger partial charge is 0.493 e. The Labute approximate surface area is 97.8 Å². The molecule has 3 nitrogen and oxygen atoms in total. The van der Waals surface area contributed by atoms with E-state index in [1.807, 2.05) is 12.1 Å². The minimum Gasteiger partial charge on any atom is -0.493 e. The van der Waals surface area contributed by atoms with Crippen LogP contribution in [0.2, 0.25) is 0 Å². The highest BCUT2D eigenvalue weighted by atomic mass is 16.5. The van der Waals surface area contributed by atoms with Crippen molar-refractivity contribution < 1.29 is 9.47 Å². The van der Waals surface area contributed by atoms with E-state index >= 15 is 0 Å². The fourth-order valence-electron chi connectivity index (χ4n) is 1.65. The highest BCUT2D eigenvalue weighted by molar-refractivity contribution is 5.46. The van der Waals surface area contributed by atoms with Gasteiger partial charge in [0.25, 0.3) is 0 Å². The van der Waals surface area contributed by atoms with Crippen LogP contribution in [0.3, 0.4) is 0 Å². The molecule has 0 saturated carbocycles. The van der Waals surface area contributed by atoms with Gasteiger partial charge in [-0.2, -0.15) is 0 Å². The van der Waals surface area contributed by atoms with E-state index in [2.05, 4.69) is 25.2 Å². The van der Waals surface area contributed by atoms with Crippen molar-refractivity contribution in [3.8, 4) is 11.5 Å². The minimum atomic E-state index is 0.511. The maximum Gasteiger partial charge on any atom is 0.163 e. The van der Waals surface area contributed by atoms with Crippen LogP contribution in [0.5, 0.6) is 11.5 Å². The maximum atomic E-state index is 5.37. The van der Waals surface area contributed by atoms with E-state index in [0.29, 0.717) is 6.04 Å². The van der Waals surface area contributed by atoms with Gasteiger partial charge >= 0.3 is 0 Å². The molecule has 0 amide bonds. The Morgan fingerprint density at radius 2 is 1.94 bits per heavy atom. The molecule has 0 fully saturated rings. The number of hydrogen-bond acceptors (Lipinski definition) is 3. The Kier molecular flexibility index (Phi) is 5.12. The minimum absolute atomic E-state index is 0.511. The highest BCUT2D eigenvalue weighted by Crippen LogP contribution is 2.30. The van der Waals surface area contributed by atoms with Gasteiger partial charge in [0.05, 0.1) is 14.2 Å². The summed E-state index contributed by atoms with van der Waals surface area (Å²) in [7, 11) is 3.34. The summed E-state index contributed by atoms with van der Waals surface area (Å²) >= 11 is 0. The second-order valence-electron chi connectivity index (χ2n) is 4.01. The molecule has 1 aromatic carbocycles. The fraction of sp³-hybridized carbons (Fsp3) is 0.538. The molecule has 3 heteroatoms. The lowest BCUT2D eigenvalue weighted by Crippen LogP contribution is -2.25. The standard InChI is InChI=1S/C13H21NO2/c1-10(2)14-9-8-11-6-5-7-12(15-3)13(11)16-4/h5-7,10,14H,8-9H2,1-4H3. The predicted octanol–water partition coefficient (Wildman–Crippen LogP) is 2.24. The second-order valence-corrected chi connectivity index (χ2v) is 4.01. The summed E-state index contributed by atoms with van der Waals surface area (Å²) in [6.07, 6.45) is 0.943. The van der Waals surface area contributed by atoms with Gasteiger partial charge in [-0.3, -0.25) is 0 Å². The normalized spacial score (nSPS) is 10.6. The van der Waals surface area contributed by atoms with E-state index in [-0.39, 0.29) is 0 Å². The molecule has 0 spiro atoms. The molecule has 0 radical (unpaired) electrons. The zero-order valence-corrected chi connectivity index (χ0v) is 10.5. The molecular weight excluding hydrogens is 202 g/mol. The summed E-state index contributed by atoms with van der Waals surface area (Å²) in [4.78, 5) is 0. The molecule has 0 aliphatic rings. The van der Waals surface area contributed by atoms with Crippen LogP contribution in [0.1, 0.15) is 19.4 Å². The molecule has 0 saturated heterocycles. The van der Waals surface area contributed by atoms with Gasteiger partial charge < -0.3 is 14.8 Å². The van der Waals surface area contributed by atoms with Gasteiger partial charge in [0.2, 0.25) is 0 Å². The van der Waals surface area contributed by atoms with E-state index in [9.17, 15) is 0 Å². The lowest BCUT2D eigenvalue weighted by molar-refractivity contribution is 0.351. The van der Waals surface area contributed by atoms with Gasteiger partial charge in [0, 0.05) is 6.04 Å². The zero-order valence-electron chi connectivity index (χ0n) is 10.5. The quantitative estimate of drug-likeness (QED) is 0.802. The van der Waals surface area contributed by atoms with Gasteiger partial charge in [0.15, 0.2) is 11.5 Å². The first-order valence-electron chi connectivity index (χ1n) is 5.62. The number of methoxy groups -OCH3 is 2. The Morgan fingerprint density at radius 1 is 1.19 bits per heavy atom. The summed E-state index contributed by atoms with van der Waals surface area (Å²) in [5.41, 5.74) is 1.18. The molecule has 0 aliphatic heterocycles. The maximum absolute atomic E-state index is 5.37. The number of rotatable bonds is 6. The number of nitrogens with one attached hydrogen (secondary N) is 1. The first-order valence-corrected chi connectivity index (χ1v) is 5.62.